The fourth-order valence-electron chi connectivity index (χ4n) is 9.73. The molecule has 0 spiro atoms. The van der Waals surface area contributed by atoms with E-state index in [1.54, 1.807) is 0 Å². The minimum Gasteiger partial charge on any atom is -0.365 e. The molecule has 338 valence electrons. The molecular formula is C64H62N4. The number of hydrogen-bond acceptors (Lipinski definition) is 3. The normalized spacial score (nSPS) is 17.6. The Balaban J connectivity index is 0.000000672. The van der Waals surface area contributed by atoms with Gasteiger partial charge >= 0.3 is 0 Å². The van der Waals surface area contributed by atoms with Gasteiger partial charge in [-0.2, -0.15) is 0 Å². The SMILES string of the molecule is C/C=C\C=C/C.CC.CC1=C(N(c2ccc(C)cc2)c2ccc3ccccc3c2)C=CC(c2ccc3c(c2)c2ccccc2n3-c2ccc(C3NC(c4ccccc4)=C4C=CC=CC4N3)cc2)C1. The van der Waals surface area contributed by atoms with Crippen LogP contribution in [0.5, 0.6) is 0 Å². The van der Waals surface area contributed by atoms with E-state index in [1.165, 1.54) is 88.7 Å². The Labute approximate surface area is 403 Å². The van der Waals surface area contributed by atoms with Gasteiger partial charge in [0.05, 0.1) is 17.1 Å². The van der Waals surface area contributed by atoms with E-state index in [0.29, 0.717) is 0 Å². The number of allylic oxidation sites excluding steroid dienone is 9. The molecule has 1 aromatic heterocycles. The summed E-state index contributed by atoms with van der Waals surface area (Å²) in [6, 6.07) is 60.2. The molecule has 0 radical (unpaired) electrons. The van der Waals surface area contributed by atoms with E-state index in [1.807, 2.05) is 52.0 Å². The molecule has 0 amide bonds. The first-order chi connectivity index (χ1) is 33.5. The number of nitrogens with one attached hydrogen (secondary N) is 2. The van der Waals surface area contributed by atoms with Gasteiger partial charge in [-0.05, 0) is 133 Å². The summed E-state index contributed by atoms with van der Waals surface area (Å²) < 4.78 is 2.42. The van der Waals surface area contributed by atoms with Gasteiger partial charge in [-0.15, -0.1) is 0 Å². The lowest BCUT2D eigenvalue weighted by Crippen LogP contribution is -2.45. The zero-order valence-corrected chi connectivity index (χ0v) is 40.2. The molecule has 4 nitrogen and oxygen atoms in total. The van der Waals surface area contributed by atoms with E-state index in [9.17, 15) is 0 Å². The third kappa shape index (κ3) is 9.34. The first-order valence-corrected chi connectivity index (χ1v) is 24.3. The van der Waals surface area contributed by atoms with Gasteiger partial charge < -0.3 is 14.8 Å². The van der Waals surface area contributed by atoms with Gasteiger partial charge in [0.15, 0.2) is 0 Å². The quantitative estimate of drug-likeness (QED) is 0.149. The maximum absolute atomic E-state index is 3.84. The Hall–Kier alpha value is -7.66. The predicted molar refractivity (Wildman–Crippen MR) is 293 cm³/mol. The summed E-state index contributed by atoms with van der Waals surface area (Å²) >= 11 is 0. The number of anilines is 2. The summed E-state index contributed by atoms with van der Waals surface area (Å²) in [5, 5.41) is 12.7. The largest absolute Gasteiger partial charge is 0.365 e. The molecular weight excluding hydrogens is 825 g/mol. The van der Waals surface area contributed by atoms with Crippen LogP contribution in [0.4, 0.5) is 11.4 Å². The zero-order chi connectivity index (χ0) is 47.0. The number of hydrogen-bond donors (Lipinski definition) is 2. The van der Waals surface area contributed by atoms with Gasteiger partial charge in [-0.3, -0.25) is 5.32 Å². The van der Waals surface area contributed by atoms with Crippen LogP contribution in [0, 0.1) is 6.92 Å². The molecule has 8 aromatic rings. The van der Waals surface area contributed by atoms with Gasteiger partial charge in [0.2, 0.25) is 0 Å². The average molecular weight is 887 g/mol. The molecule has 7 aromatic carbocycles. The Bertz CT molecular complexity index is 3250. The number of fused-ring (bicyclic) bond motifs is 5. The summed E-state index contributed by atoms with van der Waals surface area (Å²) in [6.45, 7) is 12.5. The van der Waals surface area contributed by atoms with E-state index in [-0.39, 0.29) is 18.1 Å². The van der Waals surface area contributed by atoms with E-state index in [4.69, 9.17) is 0 Å². The second-order valence-corrected chi connectivity index (χ2v) is 17.5. The molecule has 68 heavy (non-hydrogen) atoms. The molecule has 2 N–H and O–H groups in total. The van der Waals surface area contributed by atoms with Crippen LogP contribution in [0.25, 0.3) is 44.0 Å². The summed E-state index contributed by atoms with van der Waals surface area (Å²) in [5.41, 5.74) is 16.0. The Kier molecular flexibility index (Phi) is 14.0. The minimum atomic E-state index is -0.0296. The molecule has 0 fully saturated rings. The maximum atomic E-state index is 3.84. The molecule has 2 heterocycles. The molecule has 1 aliphatic heterocycles. The highest BCUT2D eigenvalue weighted by Crippen LogP contribution is 2.41. The van der Waals surface area contributed by atoms with Crippen LogP contribution < -0.4 is 15.5 Å². The molecule has 2 aliphatic carbocycles. The Morgan fingerprint density at radius 1 is 0.588 bits per heavy atom. The third-order valence-electron chi connectivity index (χ3n) is 13.1. The van der Waals surface area contributed by atoms with Crippen LogP contribution in [-0.4, -0.2) is 10.6 Å². The number of aryl methyl sites for hydroxylation is 1. The summed E-state index contributed by atoms with van der Waals surface area (Å²) in [6.07, 6.45) is 22.4. The highest BCUT2D eigenvalue weighted by Gasteiger charge is 2.28. The van der Waals surface area contributed by atoms with Crippen LogP contribution in [0.3, 0.4) is 0 Å². The monoisotopic (exact) mass is 886 g/mol. The van der Waals surface area contributed by atoms with Crippen LogP contribution in [0.2, 0.25) is 0 Å². The van der Waals surface area contributed by atoms with Crippen LogP contribution in [0.15, 0.2) is 241 Å². The molecule has 3 atom stereocenters. The first kappa shape index (κ1) is 45.5. The van der Waals surface area contributed by atoms with E-state index in [0.717, 1.165) is 12.1 Å². The van der Waals surface area contributed by atoms with E-state index >= 15 is 0 Å². The summed E-state index contributed by atoms with van der Waals surface area (Å²) in [4.78, 5) is 2.43. The van der Waals surface area contributed by atoms with Crippen molar-refractivity contribution in [3.63, 3.8) is 0 Å². The lowest BCUT2D eigenvalue weighted by atomic mass is 9.86. The second kappa shape index (κ2) is 20.9. The zero-order valence-electron chi connectivity index (χ0n) is 40.2. The smallest absolute Gasteiger partial charge is 0.104 e. The number of aromatic nitrogens is 1. The molecule has 0 bridgehead atoms. The van der Waals surface area contributed by atoms with Crippen LogP contribution >= 0.6 is 0 Å². The fraction of sp³-hybridized carbons (Fsp3) is 0.156. The van der Waals surface area contributed by atoms with Crippen molar-refractivity contribution in [2.24, 2.45) is 0 Å². The first-order valence-electron chi connectivity index (χ1n) is 24.3. The predicted octanol–water partition coefficient (Wildman–Crippen LogP) is 16.7. The molecule has 4 heteroatoms. The van der Waals surface area contributed by atoms with Gasteiger partial charge in [0.1, 0.15) is 6.17 Å². The maximum Gasteiger partial charge on any atom is 0.104 e. The molecule has 3 aliphatic rings. The van der Waals surface area contributed by atoms with Crippen molar-refractivity contribution in [3.8, 4) is 5.69 Å². The Morgan fingerprint density at radius 2 is 1.26 bits per heavy atom. The van der Waals surface area contributed by atoms with Gasteiger partial charge in [-0.25, -0.2) is 0 Å². The van der Waals surface area contributed by atoms with Crippen LogP contribution in [0.1, 0.15) is 75.4 Å². The van der Waals surface area contributed by atoms with Crippen molar-refractivity contribution in [1.82, 2.24) is 15.2 Å². The third-order valence-corrected chi connectivity index (χ3v) is 13.1. The second-order valence-electron chi connectivity index (χ2n) is 17.5. The molecule has 0 saturated carbocycles. The fourth-order valence-corrected chi connectivity index (χ4v) is 9.73. The summed E-state index contributed by atoms with van der Waals surface area (Å²) in [7, 11) is 0. The minimum absolute atomic E-state index is 0.0296. The van der Waals surface area contributed by atoms with E-state index < -0.39 is 0 Å². The van der Waals surface area contributed by atoms with Crippen molar-refractivity contribution >= 4 is 49.7 Å². The van der Waals surface area contributed by atoms with Crippen molar-refractivity contribution in [3.05, 3.63) is 264 Å². The van der Waals surface area contributed by atoms with Gasteiger partial charge in [-0.1, -0.05) is 183 Å². The van der Waals surface area contributed by atoms with Gasteiger partial charge in [0, 0.05) is 45.1 Å². The standard InChI is InChI=1S/C56H46N4.C6H10.C2H6/c1-37-20-27-45(28-21-37)59(47-31-22-39-12-6-7-15-42(39)35-47)52-32-25-43(34-38(52)2)44-26-33-54-50(36-44)48-16-9-11-19-53(48)60(54)46-29-23-41(24-30-46)56-57-51-18-10-8-17-49(51)55(58-56)40-13-4-3-5-14-40;1-3-5-6-4-2;1-2/h3-33,35-36,43,51,56-58H,34H2,1-2H3;3-6H,1-2H3;1-2H3/b;5-3-,6-4-;. The van der Waals surface area contributed by atoms with Crippen molar-refractivity contribution in [2.45, 2.75) is 66.1 Å². The average Bonchev–Trinajstić information content (AvgIpc) is 3.73. The molecule has 3 unspecified atom stereocenters. The number of para-hydroxylation sites is 1. The lowest BCUT2D eigenvalue weighted by molar-refractivity contribution is 0.460. The topological polar surface area (TPSA) is 32.2 Å². The van der Waals surface area contributed by atoms with Crippen molar-refractivity contribution < 1.29 is 0 Å². The highest BCUT2D eigenvalue weighted by molar-refractivity contribution is 6.09. The molecule has 11 rings (SSSR count). The van der Waals surface area contributed by atoms with E-state index in [2.05, 4.69) is 234 Å². The van der Waals surface area contributed by atoms with Crippen LogP contribution in [-0.2, 0) is 0 Å². The lowest BCUT2D eigenvalue weighted by Gasteiger charge is -2.36. The number of nitrogens with zero attached hydrogens (tertiary/aromatic N) is 2. The Morgan fingerprint density at radius 3 is 2.01 bits per heavy atom. The number of rotatable bonds is 8. The molecule has 0 saturated heterocycles. The van der Waals surface area contributed by atoms with Crippen molar-refractivity contribution in [1.29, 1.82) is 0 Å². The van der Waals surface area contributed by atoms with Gasteiger partial charge in [0.25, 0.3) is 0 Å². The number of benzene rings is 7. The highest BCUT2D eigenvalue weighted by atomic mass is 15.2. The van der Waals surface area contributed by atoms with Crippen molar-refractivity contribution in [2.75, 3.05) is 4.90 Å². The summed E-state index contributed by atoms with van der Waals surface area (Å²) in [5.74, 6) is 0.274.